The fraction of sp³-hybridized carbons (Fsp3) is 0.341. The number of esters is 1. The van der Waals surface area contributed by atoms with Crippen LogP contribution < -0.4 is 15.6 Å². The Morgan fingerprint density at radius 1 is 0.873 bits per heavy atom. The van der Waals surface area contributed by atoms with E-state index in [1.807, 2.05) is 78.9 Å². The summed E-state index contributed by atoms with van der Waals surface area (Å²) in [5.41, 5.74) is 3.57. The predicted octanol–water partition coefficient (Wildman–Crippen LogP) is 4.60. The predicted molar refractivity (Wildman–Crippen MR) is 208 cm³/mol. The van der Waals surface area contributed by atoms with E-state index >= 15 is 0 Å². The zero-order valence-electron chi connectivity index (χ0n) is 30.7. The summed E-state index contributed by atoms with van der Waals surface area (Å²) in [5, 5.41) is 24.8. The highest BCUT2D eigenvalue weighted by Crippen LogP contribution is 2.39. The molecule has 1 unspecified atom stereocenters. The molecule has 2 bridgehead atoms. The molecule has 0 saturated carbocycles. The first-order chi connectivity index (χ1) is 26.7. The second kappa shape index (κ2) is 15.7. The Balaban J connectivity index is 0.797. The maximum absolute atomic E-state index is 13.8. The molecule has 5 aromatic rings. The van der Waals surface area contributed by atoms with Crippen LogP contribution in [0.4, 0.5) is 0 Å². The van der Waals surface area contributed by atoms with E-state index in [9.17, 15) is 24.6 Å². The van der Waals surface area contributed by atoms with Crippen LogP contribution in [-0.2, 0) is 39.3 Å². The van der Waals surface area contributed by atoms with Gasteiger partial charge in [0.25, 0.3) is 0 Å². The van der Waals surface area contributed by atoms with E-state index in [0.717, 1.165) is 54.7 Å². The van der Waals surface area contributed by atoms with E-state index in [0.29, 0.717) is 54.4 Å². The molecule has 1 aromatic heterocycles. The minimum atomic E-state index is -0.841. The summed E-state index contributed by atoms with van der Waals surface area (Å²) in [7, 11) is 0. The van der Waals surface area contributed by atoms with Crippen LogP contribution in [0, 0.1) is 5.92 Å². The summed E-state index contributed by atoms with van der Waals surface area (Å²) in [6, 6.07) is 31.4. The second-order valence-electron chi connectivity index (χ2n) is 15.1. The van der Waals surface area contributed by atoms with E-state index in [2.05, 4.69) is 15.2 Å². The lowest BCUT2D eigenvalue weighted by Crippen LogP contribution is -2.66. The van der Waals surface area contributed by atoms with Gasteiger partial charge in [-0.2, -0.15) is 0 Å². The molecule has 1 amide bonds. The number of piperidine rings is 3. The molecule has 4 aliphatic heterocycles. The molecule has 4 aromatic carbocycles. The molecule has 284 valence electrons. The highest BCUT2D eigenvalue weighted by molar-refractivity contribution is 5.90. The number of likely N-dealkylation sites (tertiary alicyclic amines) is 1. The minimum Gasteiger partial charge on any atom is -0.506 e. The van der Waals surface area contributed by atoms with Crippen LogP contribution >= 0.6 is 0 Å². The lowest BCUT2D eigenvalue weighted by molar-refractivity contribution is -0.175. The summed E-state index contributed by atoms with van der Waals surface area (Å²) >= 11 is 0. The van der Waals surface area contributed by atoms with E-state index in [4.69, 9.17) is 9.47 Å². The van der Waals surface area contributed by atoms with Gasteiger partial charge in [0, 0.05) is 44.2 Å². The fourth-order valence-electron chi connectivity index (χ4n) is 8.19. The SMILES string of the molecule is O=C(Cc1ccc(OCc2ccc(CNCC(O)c3ccc(O)c4[nH]c(=O)ccc34)cc2)cc1)N1CC(C(=O)O[C@H]2CN3CCC2CC3)(c2ccccc2)C1. The molecule has 11 heteroatoms. The Labute approximate surface area is 319 Å². The molecular formula is C44H46N4O7. The number of hydrogen-bond acceptors (Lipinski definition) is 9. The largest absolute Gasteiger partial charge is 0.506 e. The molecule has 4 fully saturated rings. The number of phenolic OH excluding ortho intramolecular Hbond substituents is 1. The highest BCUT2D eigenvalue weighted by atomic mass is 16.5. The van der Waals surface area contributed by atoms with E-state index in [-0.39, 0.29) is 42.3 Å². The average Bonchev–Trinajstić information content (AvgIpc) is 3.19. The third-order valence-corrected chi connectivity index (χ3v) is 11.5. The zero-order chi connectivity index (χ0) is 37.9. The summed E-state index contributed by atoms with van der Waals surface area (Å²) in [6.45, 7) is 4.79. The van der Waals surface area contributed by atoms with Gasteiger partial charge >= 0.3 is 5.97 Å². The monoisotopic (exact) mass is 742 g/mol. The van der Waals surface area contributed by atoms with Gasteiger partial charge in [-0.25, -0.2) is 0 Å². The van der Waals surface area contributed by atoms with Crippen LogP contribution in [0.15, 0.2) is 108 Å². The van der Waals surface area contributed by atoms with Crippen molar-refractivity contribution < 1.29 is 29.3 Å². The van der Waals surface area contributed by atoms with Crippen molar-refractivity contribution in [1.82, 2.24) is 20.1 Å². The Hall–Kier alpha value is -5.49. The lowest BCUT2D eigenvalue weighted by Gasteiger charge is -2.50. The zero-order valence-corrected chi connectivity index (χ0v) is 30.7. The van der Waals surface area contributed by atoms with Gasteiger partial charge in [0.1, 0.15) is 29.6 Å². The molecule has 0 radical (unpaired) electrons. The Kier molecular flexibility index (Phi) is 10.4. The smallest absolute Gasteiger partial charge is 0.320 e. The first kappa shape index (κ1) is 36.5. The van der Waals surface area contributed by atoms with Crippen LogP contribution in [0.2, 0.25) is 0 Å². The number of aromatic nitrogens is 1. The summed E-state index contributed by atoms with van der Waals surface area (Å²) in [5.74, 6) is 0.839. The molecular weight excluding hydrogens is 697 g/mol. The number of phenols is 1. The third-order valence-electron chi connectivity index (χ3n) is 11.5. The Morgan fingerprint density at radius 3 is 2.29 bits per heavy atom. The van der Waals surface area contributed by atoms with Crippen LogP contribution in [0.5, 0.6) is 11.5 Å². The first-order valence-electron chi connectivity index (χ1n) is 19.0. The van der Waals surface area contributed by atoms with Gasteiger partial charge in [0.15, 0.2) is 0 Å². The summed E-state index contributed by atoms with van der Waals surface area (Å²) in [6.07, 6.45) is 1.46. The number of H-pyrrole nitrogens is 1. The highest BCUT2D eigenvalue weighted by Gasteiger charge is 2.54. The van der Waals surface area contributed by atoms with Crippen LogP contribution in [0.25, 0.3) is 10.9 Å². The standard InChI is InChI=1S/C44H46N4O7/c49-37-16-14-35(36-15-17-40(51)46-42(36)37)38(50)24-45-23-30-6-8-31(9-7-30)26-54-34-12-10-29(11-13-34)22-41(52)48-27-44(28-48,33-4-2-1-3-5-33)43(53)55-39-25-47-20-18-32(39)19-21-47/h1-17,32,38-39,45,49-50H,18-28H2,(H,46,51)/t38?,39-/m0/s1. The molecule has 4 aliphatic rings. The normalized spacial score (nSPS) is 20.5. The first-order valence-corrected chi connectivity index (χ1v) is 19.0. The van der Waals surface area contributed by atoms with E-state index < -0.39 is 11.5 Å². The number of nitrogens with zero attached hydrogens (tertiary/aromatic N) is 2. The summed E-state index contributed by atoms with van der Waals surface area (Å²) in [4.78, 5) is 45.6. The van der Waals surface area contributed by atoms with Crippen molar-refractivity contribution in [2.45, 2.75) is 50.0 Å². The number of amides is 1. The number of ether oxygens (including phenoxy) is 2. The molecule has 4 saturated heterocycles. The minimum absolute atomic E-state index is 0.0219. The number of aromatic amines is 1. The second-order valence-corrected chi connectivity index (χ2v) is 15.1. The molecule has 0 spiro atoms. The number of aromatic hydroxyl groups is 1. The Morgan fingerprint density at radius 2 is 1.58 bits per heavy atom. The number of aliphatic hydroxyl groups excluding tert-OH is 1. The Bertz CT molecular complexity index is 2190. The molecule has 11 nitrogen and oxygen atoms in total. The van der Waals surface area contributed by atoms with Gasteiger partial charge in [-0.1, -0.05) is 72.8 Å². The number of rotatable bonds is 13. The van der Waals surface area contributed by atoms with Crippen LogP contribution in [0.3, 0.4) is 0 Å². The molecule has 4 N–H and O–H groups in total. The average molecular weight is 743 g/mol. The van der Waals surface area contributed by atoms with Crippen LogP contribution in [-0.4, -0.2) is 82.2 Å². The van der Waals surface area contributed by atoms with Crippen molar-refractivity contribution >= 4 is 22.8 Å². The van der Waals surface area contributed by atoms with Crippen LogP contribution in [0.1, 0.15) is 46.8 Å². The molecule has 55 heavy (non-hydrogen) atoms. The van der Waals surface area contributed by atoms with Gasteiger partial charge in [0.05, 0.1) is 18.0 Å². The topological polar surface area (TPSA) is 144 Å². The van der Waals surface area contributed by atoms with Gasteiger partial charge in [-0.3, -0.25) is 19.3 Å². The number of fused-ring (bicyclic) bond motifs is 4. The van der Waals surface area contributed by atoms with E-state index in [1.54, 1.807) is 17.0 Å². The van der Waals surface area contributed by atoms with Crippen molar-refractivity contribution in [3.8, 4) is 11.5 Å². The molecule has 0 aliphatic carbocycles. The quantitative estimate of drug-likeness (QED) is 0.127. The van der Waals surface area contributed by atoms with Crippen molar-refractivity contribution in [2.75, 3.05) is 39.3 Å². The molecule has 2 atom stereocenters. The number of carbonyl (C=O) groups excluding carboxylic acids is 2. The van der Waals surface area contributed by atoms with Crippen molar-refractivity contribution in [3.63, 3.8) is 0 Å². The van der Waals surface area contributed by atoms with Crippen molar-refractivity contribution in [1.29, 1.82) is 0 Å². The number of pyridine rings is 1. The number of hydrogen-bond donors (Lipinski definition) is 4. The van der Waals surface area contributed by atoms with E-state index in [1.165, 1.54) is 12.1 Å². The van der Waals surface area contributed by atoms with Gasteiger partial charge in [-0.05, 0) is 83.9 Å². The maximum Gasteiger partial charge on any atom is 0.320 e. The van der Waals surface area contributed by atoms with Gasteiger partial charge < -0.3 is 34.9 Å². The van der Waals surface area contributed by atoms with Crippen molar-refractivity contribution in [3.05, 3.63) is 141 Å². The number of benzene rings is 4. The molecule has 9 rings (SSSR count). The summed E-state index contributed by atoms with van der Waals surface area (Å²) < 4.78 is 12.2. The third kappa shape index (κ3) is 7.86. The number of nitrogens with one attached hydrogen (secondary N) is 2. The number of aliphatic hydroxyl groups is 1. The number of carbonyl (C=O) groups is 2. The van der Waals surface area contributed by atoms with Gasteiger partial charge in [-0.15, -0.1) is 0 Å². The lowest BCUT2D eigenvalue weighted by atomic mass is 9.73. The maximum atomic E-state index is 13.8. The van der Waals surface area contributed by atoms with Crippen molar-refractivity contribution in [2.24, 2.45) is 5.92 Å². The fourth-order valence-corrected chi connectivity index (χ4v) is 8.19. The van der Waals surface area contributed by atoms with Gasteiger partial charge in [0.2, 0.25) is 11.5 Å². The molecule has 5 heterocycles.